The number of carbonyl (C=O) groups excluding carboxylic acids is 1. The summed E-state index contributed by atoms with van der Waals surface area (Å²) < 4.78 is 64.4. The Morgan fingerprint density at radius 1 is 1.12 bits per heavy atom. The third-order valence-electron chi connectivity index (χ3n) is 3.31. The number of nitrogens with zero attached hydrogens (tertiary/aromatic N) is 3. The molecule has 0 bridgehead atoms. The fourth-order valence-corrected chi connectivity index (χ4v) is 5.44. The van der Waals surface area contributed by atoms with Crippen LogP contribution in [-0.2, 0) is 31.2 Å². The molecule has 0 fully saturated rings. The van der Waals surface area contributed by atoms with Gasteiger partial charge in [-0.2, -0.15) is 0 Å². The first-order chi connectivity index (χ1) is 13.5. The van der Waals surface area contributed by atoms with Crippen molar-refractivity contribution in [2.45, 2.75) is 6.54 Å². The van der Waals surface area contributed by atoms with Gasteiger partial charge in [0.2, 0.25) is 10.0 Å². The third-order valence-corrected chi connectivity index (χ3v) is 6.35. The summed E-state index contributed by atoms with van der Waals surface area (Å²) >= 11 is 11.4. The van der Waals surface area contributed by atoms with E-state index in [2.05, 4.69) is 4.52 Å². The molecule has 0 radical (unpaired) electrons. The van der Waals surface area contributed by atoms with Gasteiger partial charge >= 0.3 is 73.0 Å². The number of hydrazine groups is 1. The van der Waals surface area contributed by atoms with Gasteiger partial charge in [0.05, 0.1) is 19.1 Å². The van der Waals surface area contributed by atoms with Crippen LogP contribution in [0, 0.1) is 0 Å². The number of amides is 2. The van der Waals surface area contributed by atoms with Gasteiger partial charge in [0, 0.05) is 30.1 Å². The molecule has 0 heterocycles. The molecule has 19 heteroatoms. The topological polar surface area (TPSA) is 162 Å². The van der Waals surface area contributed by atoms with E-state index < -0.39 is 47.0 Å². The standard InChI is InChI=1S/C13H20Cl2N3O9PS2.2Na.2H/c1-16(9-10-8-11(15)4-5-12(10)27-28(20,21)22)13(19)18(30(3,25)26)17(7-6-14)29(2,23)24;;;;/h4-5,8H,6-7,9H2,1-3H3,(H2,20,21,22);;;;. The van der Waals surface area contributed by atoms with Crippen molar-refractivity contribution in [2.75, 3.05) is 32.0 Å². The van der Waals surface area contributed by atoms with Crippen molar-refractivity contribution in [3.63, 3.8) is 0 Å². The van der Waals surface area contributed by atoms with Crippen LogP contribution in [0.2, 0.25) is 5.02 Å². The molecule has 0 saturated heterocycles. The number of rotatable bonds is 9. The molecule has 32 heavy (non-hydrogen) atoms. The minimum atomic E-state index is -4.94. The predicted molar refractivity (Wildman–Crippen MR) is 124 cm³/mol. The number of alkyl halides is 1. The van der Waals surface area contributed by atoms with E-state index in [9.17, 15) is 26.2 Å². The quantitative estimate of drug-likeness (QED) is 0.175. The van der Waals surface area contributed by atoms with Crippen LogP contribution in [0.1, 0.15) is 5.56 Å². The number of carbonyl (C=O) groups is 1. The second-order valence-electron chi connectivity index (χ2n) is 5.98. The summed E-state index contributed by atoms with van der Waals surface area (Å²) in [5.74, 6) is -0.607. The summed E-state index contributed by atoms with van der Waals surface area (Å²) in [6.45, 7) is -0.935. The fourth-order valence-electron chi connectivity index (χ4n) is 2.22. The van der Waals surface area contributed by atoms with E-state index in [4.69, 9.17) is 33.0 Å². The van der Waals surface area contributed by atoms with Gasteiger partial charge in [-0.15, -0.1) is 16.0 Å². The maximum atomic E-state index is 12.8. The monoisotopic (exact) mass is 575 g/mol. The summed E-state index contributed by atoms with van der Waals surface area (Å²) in [7, 11) is -12.4. The molecule has 176 valence electrons. The molecule has 2 N–H and O–H groups in total. The van der Waals surface area contributed by atoms with E-state index in [-0.39, 0.29) is 85.7 Å². The van der Waals surface area contributed by atoms with Crippen molar-refractivity contribution in [1.82, 2.24) is 13.7 Å². The van der Waals surface area contributed by atoms with Crippen molar-refractivity contribution in [1.29, 1.82) is 0 Å². The Kier molecular flexibility index (Phi) is 15.1. The Balaban J connectivity index is 0. The molecule has 0 aliphatic carbocycles. The molecule has 0 unspecified atom stereocenters. The molecule has 1 rings (SSSR count). The number of urea groups is 1. The number of hydrogen-bond acceptors (Lipinski definition) is 7. The van der Waals surface area contributed by atoms with E-state index in [1.807, 2.05) is 0 Å². The number of sulfonamides is 2. The fraction of sp³-hybridized carbons (Fsp3) is 0.462. The van der Waals surface area contributed by atoms with Crippen molar-refractivity contribution >= 4 is 116 Å². The van der Waals surface area contributed by atoms with E-state index >= 15 is 0 Å². The van der Waals surface area contributed by atoms with Crippen LogP contribution in [0.25, 0.3) is 0 Å². The summed E-state index contributed by atoms with van der Waals surface area (Å²) in [6.07, 6.45) is 1.33. The van der Waals surface area contributed by atoms with E-state index in [0.717, 1.165) is 18.0 Å². The Morgan fingerprint density at radius 3 is 2.06 bits per heavy atom. The van der Waals surface area contributed by atoms with Crippen LogP contribution in [0.4, 0.5) is 4.79 Å². The number of benzene rings is 1. The number of hydrogen-bond donors (Lipinski definition) is 2. The van der Waals surface area contributed by atoms with Crippen LogP contribution in [0.5, 0.6) is 5.75 Å². The molecule has 0 saturated carbocycles. The second-order valence-corrected chi connectivity index (χ2v) is 11.7. The van der Waals surface area contributed by atoms with Gasteiger partial charge < -0.3 is 9.42 Å². The van der Waals surface area contributed by atoms with E-state index in [0.29, 0.717) is 16.9 Å². The molecule has 0 aromatic heterocycles. The van der Waals surface area contributed by atoms with Crippen LogP contribution in [-0.4, -0.2) is 137 Å². The Labute approximate surface area is 241 Å². The molecule has 0 spiro atoms. The predicted octanol–water partition coefficient (Wildman–Crippen LogP) is -0.257. The average Bonchev–Trinajstić information content (AvgIpc) is 2.53. The van der Waals surface area contributed by atoms with Crippen LogP contribution >= 0.6 is 31.0 Å². The number of phosphoric acid groups is 1. The van der Waals surface area contributed by atoms with Gasteiger partial charge in [-0.3, -0.25) is 9.79 Å². The zero-order chi connectivity index (χ0) is 23.5. The first-order valence-corrected chi connectivity index (χ1v) is 13.9. The summed E-state index contributed by atoms with van der Waals surface area (Å²) in [5.41, 5.74) is 0.0263. The molecule has 1 aromatic carbocycles. The van der Waals surface area contributed by atoms with Crippen molar-refractivity contribution in [3.05, 3.63) is 28.8 Å². The normalized spacial score (nSPS) is 11.9. The first-order valence-electron chi connectivity index (χ1n) is 7.80. The maximum absolute atomic E-state index is 12.8. The van der Waals surface area contributed by atoms with Gasteiger partial charge in [-0.25, -0.2) is 26.2 Å². The zero-order valence-electron chi connectivity index (χ0n) is 16.0. The van der Waals surface area contributed by atoms with Gasteiger partial charge in [-0.1, -0.05) is 16.0 Å². The molecule has 2 amide bonds. The van der Waals surface area contributed by atoms with Crippen molar-refractivity contribution in [2.24, 2.45) is 0 Å². The first kappa shape index (κ1) is 35.0. The average molecular weight is 576 g/mol. The SMILES string of the molecule is CN(Cc1cc(Cl)ccc1OP(=O)(O)O)C(=O)N(N(CCCl)S(C)(=O)=O)S(C)(=O)=O.[NaH].[NaH]. The zero-order valence-corrected chi connectivity index (χ0v) is 20.0. The van der Waals surface area contributed by atoms with Crippen molar-refractivity contribution in [3.8, 4) is 5.75 Å². The van der Waals surface area contributed by atoms with Gasteiger partial charge in [0.15, 0.2) is 0 Å². The number of phosphoric ester groups is 1. The van der Waals surface area contributed by atoms with Gasteiger partial charge in [-0.05, 0) is 18.2 Å². The Hall–Kier alpha value is 0.880. The number of halogens is 2. The molecule has 0 aliphatic heterocycles. The molecular weight excluding hydrogens is 554 g/mol. The molecule has 12 nitrogen and oxygen atoms in total. The van der Waals surface area contributed by atoms with Crippen LogP contribution in [0.15, 0.2) is 18.2 Å². The summed E-state index contributed by atoms with van der Waals surface area (Å²) in [4.78, 5) is 31.7. The molecule has 0 aliphatic rings. The van der Waals surface area contributed by atoms with Crippen LogP contribution < -0.4 is 4.52 Å². The molecule has 0 atom stereocenters. The van der Waals surface area contributed by atoms with Crippen LogP contribution in [0.3, 0.4) is 0 Å². The second kappa shape index (κ2) is 13.8. The van der Waals surface area contributed by atoms with E-state index in [1.54, 1.807) is 0 Å². The third kappa shape index (κ3) is 11.1. The van der Waals surface area contributed by atoms with Crippen molar-refractivity contribution < 1.29 is 40.5 Å². The van der Waals surface area contributed by atoms with Gasteiger partial charge in [0.25, 0.3) is 10.0 Å². The summed E-state index contributed by atoms with van der Waals surface area (Å²) in [6, 6.07) is 2.41. The summed E-state index contributed by atoms with van der Waals surface area (Å²) in [5, 5.41) is 0.142. The Morgan fingerprint density at radius 2 is 1.66 bits per heavy atom. The van der Waals surface area contributed by atoms with Gasteiger partial charge in [0.1, 0.15) is 5.75 Å². The van der Waals surface area contributed by atoms with E-state index in [1.165, 1.54) is 12.1 Å². The molecular formula is C13H22Cl2N3Na2O9PS2. The Bertz CT molecular complexity index is 1060. The minimum absolute atomic E-state index is 0. The molecule has 1 aromatic rings.